The molecule has 0 N–H and O–H groups in total. The lowest BCUT2D eigenvalue weighted by atomic mass is 10.1. The monoisotopic (exact) mass is 190 g/mol. The zero-order chi connectivity index (χ0) is 10.5. The molecule has 0 amide bonds. The van der Waals surface area contributed by atoms with Crippen molar-refractivity contribution in [3.05, 3.63) is 0 Å². The van der Waals surface area contributed by atoms with Crippen LogP contribution in [-0.2, 0) is 0 Å². The number of likely N-dealkylation sites (N-methyl/N-ethyl adjacent to an activating group) is 2. The summed E-state index contributed by atoms with van der Waals surface area (Å²) in [7, 11) is 4.05. The van der Waals surface area contributed by atoms with Gasteiger partial charge in [0, 0.05) is 25.2 Å². The quantitative estimate of drug-likeness (QED) is 0.650. The lowest BCUT2D eigenvalue weighted by Gasteiger charge is -2.33. The first kappa shape index (κ1) is 12.8. The van der Waals surface area contributed by atoms with Gasteiger partial charge in [-0.1, -0.05) is 0 Å². The van der Waals surface area contributed by atoms with Crippen LogP contribution in [0.4, 0.5) is 4.39 Å². The van der Waals surface area contributed by atoms with Gasteiger partial charge in [0.2, 0.25) is 0 Å². The van der Waals surface area contributed by atoms with Crippen molar-refractivity contribution in [3.8, 4) is 0 Å². The molecule has 0 saturated heterocycles. The molecule has 3 heteroatoms. The minimum Gasteiger partial charge on any atom is -0.303 e. The fourth-order valence-corrected chi connectivity index (χ4v) is 0.912. The topological polar surface area (TPSA) is 6.48 Å². The Bertz CT molecular complexity index is 131. The molecule has 0 aromatic rings. The summed E-state index contributed by atoms with van der Waals surface area (Å²) >= 11 is 0. The standard InChI is InChI=1S/C10H23FN2/c1-10(2,3)13(5)9-8-12(4)7-6-11/h6-9H2,1-5H3. The molecule has 0 aliphatic carbocycles. The Hall–Kier alpha value is -0.150. The number of halogens is 1. The van der Waals surface area contributed by atoms with Gasteiger partial charge >= 0.3 is 0 Å². The smallest absolute Gasteiger partial charge is 0.102 e. The van der Waals surface area contributed by atoms with E-state index >= 15 is 0 Å². The van der Waals surface area contributed by atoms with Crippen LogP contribution in [0.5, 0.6) is 0 Å². The van der Waals surface area contributed by atoms with E-state index in [9.17, 15) is 4.39 Å². The highest BCUT2D eigenvalue weighted by molar-refractivity contribution is 4.73. The van der Waals surface area contributed by atoms with Crippen LogP contribution in [0.2, 0.25) is 0 Å². The van der Waals surface area contributed by atoms with Gasteiger partial charge in [-0.15, -0.1) is 0 Å². The van der Waals surface area contributed by atoms with Gasteiger partial charge in [0.05, 0.1) is 0 Å². The molecule has 0 rings (SSSR count). The first-order chi connectivity index (χ1) is 5.88. The van der Waals surface area contributed by atoms with Crippen LogP contribution >= 0.6 is 0 Å². The number of hydrogen-bond acceptors (Lipinski definition) is 2. The normalized spacial score (nSPS) is 12.9. The van der Waals surface area contributed by atoms with Gasteiger partial charge in [0.1, 0.15) is 6.67 Å². The van der Waals surface area contributed by atoms with Crippen molar-refractivity contribution in [2.45, 2.75) is 26.3 Å². The summed E-state index contributed by atoms with van der Waals surface area (Å²) in [5, 5.41) is 0. The molecule has 0 atom stereocenters. The van der Waals surface area contributed by atoms with Crippen molar-refractivity contribution in [1.82, 2.24) is 9.80 Å². The molecule has 2 nitrogen and oxygen atoms in total. The molecule has 0 unspecified atom stereocenters. The van der Waals surface area contributed by atoms with Gasteiger partial charge in [-0.2, -0.15) is 0 Å². The van der Waals surface area contributed by atoms with Gasteiger partial charge in [-0.05, 0) is 34.9 Å². The first-order valence-electron chi connectivity index (χ1n) is 4.83. The summed E-state index contributed by atoms with van der Waals surface area (Å²) in [5.74, 6) is 0. The van der Waals surface area contributed by atoms with Crippen LogP contribution < -0.4 is 0 Å². The lowest BCUT2D eigenvalue weighted by molar-refractivity contribution is 0.152. The predicted molar refractivity (Wildman–Crippen MR) is 55.9 cm³/mol. The summed E-state index contributed by atoms with van der Waals surface area (Å²) in [6.45, 7) is 8.75. The third-order valence-electron chi connectivity index (χ3n) is 2.43. The van der Waals surface area contributed by atoms with E-state index in [1.807, 2.05) is 11.9 Å². The van der Waals surface area contributed by atoms with Crippen molar-refractivity contribution in [2.24, 2.45) is 0 Å². The highest BCUT2D eigenvalue weighted by Crippen LogP contribution is 2.09. The molecule has 0 aliphatic rings. The van der Waals surface area contributed by atoms with Crippen molar-refractivity contribution < 1.29 is 4.39 Å². The van der Waals surface area contributed by atoms with E-state index in [1.165, 1.54) is 0 Å². The summed E-state index contributed by atoms with van der Waals surface area (Å²) in [6.07, 6.45) is 0. The van der Waals surface area contributed by atoms with E-state index in [-0.39, 0.29) is 12.2 Å². The molecule has 0 heterocycles. The highest BCUT2D eigenvalue weighted by atomic mass is 19.1. The van der Waals surface area contributed by atoms with Gasteiger partial charge in [-0.3, -0.25) is 0 Å². The van der Waals surface area contributed by atoms with Crippen LogP contribution in [0.3, 0.4) is 0 Å². The molecule has 0 aromatic heterocycles. The Labute approximate surface area is 81.7 Å². The highest BCUT2D eigenvalue weighted by Gasteiger charge is 2.16. The zero-order valence-electron chi connectivity index (χ0n) is 9.60. The van der Waals surface area contributed by atoms with E-state index in [0.29, 0.717) is 6.54 Å². The maximum absolute atomic E-state index is 11.9. The van der Waals surface area contributed by atoms with Crippen LogP contribution in [0, 0.1) is 0 Å². The van der Waals surface area contributed by atoms with E-state index in [1.54, 1.807) is 0 Å². The molecule has 13 heavy (non-hydrogen) atoms. The second-order valence-electron chi connectivity index (χ2n) is 4.58. The van der Waals surface area contributed by atoms with Crippen LogP contribution in [-0.4, -0.2) is 55.7 Å². The van der Waals surface area contributed by atoms with E-state index in [2.05, 4.69) is 32.7 Å². The van der Waals surface area contributed by atoms with Crippen LogP contribution in [0.15, 0.2) is 0 Å². The van der Waals surface area contributed by atoms with Gasteiger partial charge < -0.3 is 9.80 Å². The fraction of sp³-hybridized carbons (Fsp3) is 1.00. The van der Waals surface area contributed by atoms with Gasteiger partial charge in [0.15, 0.2) is 0 Å². The summed E-state index contributed by atoms with van der Waals surface area (Å²) in [5.41, 5.74) is 0.205. The summed E-state index contributed by atoms with van der Waals surface area (Å²) in [4.78, 5) is 4.30. The average molecular weight is 190 g/mol. The summed E-state index contributed by atoms with van der Waals surface area (Å²) in [6, 6.07) is 0. The molecule has 80 valence electrons. The van der Waals surface area contributed by atoms with Crippen molar-refractivity contribution in [1.29, 1.82) is 0 Å². The Morgan fingerprint density at radius 1 is 1.00 bits per heavy atom. The van der Waals surface area contributed by atoms with Crippen molar-refractivity contribution in [3.63, 3.8) is 0 Å². The second-order valence-corrected chi connectivity index (χ2v) is 4.58. The van der Waals surface area contributed by atoms with Gasteiger partial charge in [0.25, 0.3) is 0 Å². The third kappa shape index (κ3) is 5.99. The molecule has 0 radical (unpaired) electrons. The van der Waals surface area contributed by atoms with E-state index < -0.39 is 0 Å². The largest absolute Gasteiger partial charge is 0.303 e. The molecule has 0 aromatic carbocycles. The second kappa shape index (κ2) is 5.55. The molecule has 0 bridgehead atoms. The molecule has 0 spiro atoms. The Balaban J connectivity index is 3.63. The van der Waals surface area contributed by atoms with E-state index in [0.717, 1.165) is 13.1 Å². The Morgan fingerprint density at radius 2 is 1.54 bits per heavy atom. The number of alkyl halides is 1. The zero-order valence-corrected chi connectivity index (χ0v) is 9.60. The number of rotatable bonds is 5. The number of hydrogen-bond donors (Lipinski definition) is 0. The maximum atomic E-state index is 11.9. The fourth-order valence-electron chi connectivity index (χ4n) is 0.912. The first-order valence-corrected chi connectivity index (χ1v) is 4.83. The Kier molecular flexibility index (Phi) is 5.49. The molecular formula is C10H23FN2. The van der Waals surface area contributed by atoms with Gasteiger partial charge in [-0.25, -0.2) is 4.39 Å². The minimum absolute atomic E-state index is 0.205. The lowest BCUT2D eigenvalue weighted by Crippen LogP contribution is -2.42. The Morgan fingerprint density at radius 3 is 1.92 bits per heavy atom. The third-order valence-corrected chi connectivity index (χ3v) is 2.43. The average Bonchev–Trinajstić information content (AvgIpc) is 1.99. The maximum Gasteiger partial charge on any atom is 0.102 e. The van der Waals surface area contributed by atoms with Crippen LogP contribution in [0.25, 0.3) is 0 Å². The minimum atomic E-state index is -0.254. The summed E-state index contributed by atoms with van der Waals surface area (Å²) < 4.78 is 11.9. The number of nitrogens with zero attached hydrogens (tertiary/aromatic N) is 2. The molecule has 0 aliphatic heterocycles. The molecule has 0 saturated carbocycles. The predicted octanol–water partition coefficient (Wildman–Crippen LogP) is 1.62. The van der Waals surface area contributed by atoms with Crippen molar-refractivity contribution in [2.75, 3.05) is 40.4 Å². The molecule has 0 fully saturated rings. The van der Waals surface area contributed by atoms with E-state index in [4.69, 9.17) is 0 Å². The SMILES string of the molecule is CN(CCF)CCN(C)C(C)(C)C. The molecular weight excluding hydrogens is 167 g/mol. The van der Waals surface area contributed by atoms with Crippen LogP contribution in [0.1, 0.15) is 20.8 Å². The van der Waals surface area contributed by atoms with Crippen molar-refractivity contribution >= 4 is 0 Å².